The minimum absolute atomic E-state index is 0.321. The Kier molecular flexibility index (Phi) is 4.59. The summed E-state index contributed by atoms with van der Waals surface area (Å²) in [5.74, 6) is 0.0334. The first kappa shape index (κ1) is 17.2. The standard InChI is InChI=1S/C18H18N2O4S/c1-4-13-15(11-6-5-7-12(8-11)24-3)16-17(25-13)19-10(2)20(18(16)23)9-14(21)22/h5-8H,4,9H2,1-3H3,(H,21,22). The molecule has 0 saturated heterocycles. The van der Waals surface area contributed by atoms with Gasteiger partial charge in [-0.15, -0.1) is 11.3 Å². The normalized spacial score (nSPS) is 11.0. The number of hydrogen-bond acceptors (Lipinski definition) is 5. The average molecular weight is 358 g/mol. The number of ether oxygens (including phenoxy) is 1. The summed E-state index contributed by atoms with van der Waals surface area (Å²) in [5, 5.41) is 9.57. The number of fused-ring (bicyclic) bond motifs is 1. The van der Waals surface area contributed by atoms with Gasteiger partial charge in [0.25, 0.3) is 5.56 Å². The van der Waals surface area contributed by atoms with Crippen LogP contribution in [-0.2, 0) is 17.8 Å². The molecule has 3 aromatic rings. The maximum Gasteiger partial charge on any atom is 0.323 e. The van der Waals surface area contributed by atoms with E-state index < -0.39 is 12.5 Å². The van der Waals surface area contributed by atoms with Crippen LogP contribution >= 0.6 is 11.3 Å². The first-order valence-electron chi connectivity index (χ1n) is 7.85. The van der Waals surface area contributed by atoms with E-state index in [1.54, 1.807) is 14.0 Å². The summed E-state index contributed by atoms with van der Waals surface area (Å²) in [6, 6.07) is 7.51. The van der Waals surface area contributed by atoms with Gasteiger partial charge in [0.05, 0.1) is 12.5 Å². The third-order valence-electron chi connectivity index (χ3n) is 4.05. The molecule has 3 rings (SSSR count). The lowest BCUT2D eigenvalue weighted by Gasteiger charge is -2.09. The van der Waals surface area contributed by atoms with Crippen LogP contribution in [0.2, 0.25) is 0 Å². The van der Waals surface area contributed by atoms with Crippen LogP contribution in [0.4, 0.5) is 0 Å². The number of rotatable bonds is 5. The van der Waals surface area contributed by atoms with Crippen molar-refractivity contribution in [1.29, 1.82) is 0 Å². The summed E-state index contributed by atoms with van der Waals surface area (Å²) in [4.78, 5) is 30.3. The molecule has 0 aliphatic rings. The summed E-state index contributed by atoms with van der Waals surface area (Å²) < 4.78 is 6.50. The van der Waals surface area contributed by atoms with Gasteiger partial charge in [0.1, 0.15) is 22.9 Å². The van der Waals surface area contributed by atoms with Crippen LogP contribution in [0, 0.1) is 6.92 Å². The van der Waals surface area contributed by atoms with Crippen LogP contribution in [0.5, 0.6) is 5.75 Å². The Labute approximate surface area is 148 Å². The van der Waals surface area contributed by atoms with Crippen LogP contribution in [0.25, 0.3) is 21.3 Å². The summed E-state index contributed by atoms with van der Waals surface area (Å²) in [5.41, 5.74) is 1.36. The minimum atomic E-state index is -1.07. The highest BCUT2D eigenvalue weighted by atomic mass is 32.1. The fourth-order valence-electron chi connectivity index (χ4n) is 2.89. The highest BCUT2D eigenvalue weighted by molar-refractivity contribution is 7.19. The van der Waals surface area contributed by atoms with Gasteiger partial charge in [-0.25, -0.2) is 4.98 Å². The Morgan fingerprint density at radius 1 is 1.40 bits per heavy atom. The molecule has 0 spiro atoms. The predicted octanol–water partition coefficient (Wildman–Crippen LogP) is 3.09. The number of aromatic nitrogens is 2. The molecule has 1 aromatic carbocycles. The molecule has 0 radical (unpaired) electrons. The lowest BCUT2D eigenvalue weighted by Crippen LogP contribution is -2.27. The molecule has 0 saturated carbocycles. The quantitative estimate of drug-likeness (QED) is 0.758. The molecule has 2 heterocycles. The molecule has 130 valence electrons. The number of carboxylic acid groups (broad SMARTS) is 1. The van der Waals surface area contributed by atoms with Gasteiger partial charge in [0.15, 0.2) is 0 Å². The summed E-state index contributed by atoms with van der Waals surface area (Å²) in [7, 11) is 1.59. The van der Waals surface area contributed by atoms with Gasteiger partial charge < -0.3 is 9.84 Å². The summed E-state index contributed by atoms with van der Waals surface area (Å²) >= 11 is 1.48. The van der Waals surface area contributed by atoms with Gasteiger partial charge >= 0.3 is 5.97 Å². The number of aliphatic carboxylic acids is 1. The maximum atomic E-state index is 13.0. The van der Waals surface area contributed by atoms with Crippen molar-refractivity contribution in [2.75, 3.05) is 7.11 Å². The number of carbonyl (C=O) groups is 1. The highest BCUT2D eigenvalue weighted by Gasteiger charge is 2.20. The van der Waals surface area contributed by atoms with Gasteiger partial charge in [0, 0.05) is 10.4 Å². The third kappa shape index (κ3) is 3.02. The molecule has 1 N–H and O–H groups in total. The molecule has 7 heteroatoms. The molecule has 0 aliphatic heterocycles. The van der Waals surface area contributed by atoms with E-state index in [1.165, 1.54) is 15.9 Å². The van der Waals surface area contributed by atoms with Gasteiger partial charge in [-0.3, -0.25) is 14.2 Å². The Bertz CT molecular complexity index is 1020. The zero-order chi connectivity index (χ0) is 18.1. The fraction of sp³-hybridized carbons (Fsp3) is 0.278. The zero-order valence-electron chi connectivity index (χ0n) is 14.2. The van der Waals surface area contributed by atoms with Gasteiger partial charge in [-0.05, 0) is 31.0 Å². The van der Waals surface area contributed by atoms with E-state index in [0.29, 0.717) is 21.8 Å². The van der Waals surface area contributed by atoms with Crippen molar-refractivity contribution >= 4 is 27.5 Å². The van der Waals surface area contributed by atoms with Gasteiger partial charge in [0.2, 0.25) is 0 Å². The average Bonchev–Trinajstić information content (AvgIpc) is 2.97. The van der Waals surface area contributed by atoms with Crippen molar-refractivity contribution < 1.29 is 14.6 Å². The highest BCUT2D eigenvalue weighted by Crippen LogP contribution is 2.37. The molecule has 0 atom stereocenters. The minimum Gasteiger partial charge on any atom is -0.497 e. The van der Waals surface area contributed by atoms with E-state index >= 15 is 0 Å². The molecule has 0 unspecified atom stereocenters. The second-order valence-electron chi connectivity index (χ2n) is 5.61. The smallest absolute Gasteiger partial charge is 0.323 e. The largest absolute Gasteiger partial charge is 0.497 e. The fourth-order valence-corrected chi connectivity index (χ4v) is 4.05. The van der Waals surface area contributed by atoms with Crippen LogP contribution in [-0.4, -0.2) is 27.7 Å². The van der Waals surface area contributed by atoms with Crippen molar-refractivity contribution in [2.45, 2.75) is 26.8 Å². The van der Waals surface area contributed by atoms with Crippen LogP contribution in [0.3, 0.4) is 0 Å². The molecule has 0 amide bonds. The predicted molar refractivity (Wildman–Crippen MR) is 97.6 cm³/mol. The van der Waals surface area contributed by atoms with Crippen molar-refractivity contribution in [3.05, 3.63) is 45.3 Å². The Morgan fingerprint density at radius 3 is 2.80 bits per heavy atom. The van der Waals surface area contributed by atoms with E-state index in [2.05, 4.69) is 4.98 Å². The zero-order valence-corrected chi connectivity index (χ0v) is 15.0. The number of nitrogens with zero attached hydrogens (tertiary/aromatic N) is 2. The first-order chi connectivity index (χ1) is 12.0. The van der Waals surface area contributed by atoms with E-state index in [4.69, 9.17) is 9.84 Å². The topological polar surface area (TPSA) is 81.4 Å². The number of aryl methyl sites for hydroxylation is 2. The third-order valence-corrected chi connectivity index (χ3v) is 5.28. The Hall–Kier alpha value is -2.67. The molecule has 6 nitrogen and oxygen atoms in total. The molecular formula is C18H18N2O4S. The molecule has 0 fully saturated rings. The van der Waals surface area contributed by atoms with E-state index in [1.807, 2.05) is 31.2 Å². The van der Waals surface area contributed by atoms with Gasteiger partial charge in [-0.2, -0.15) is 0 Å². The van der Waals surface area contributed by atoms with Gasteiger partial charge in [-0.1, -0.05) is 19.1 Å². The summed E-state index contributed by atoms with van der Waals surface area (Å²) in [6.45, 7) is 3.28. The summed E-state index contributed by atoms with van der Waals surface area (Å²) in [6.07, 6.45) is 0.755. The van der Waals surface area contributed by atoms with Crippen molar-refractivity contribution in [3.63, 3.8) is 0 Å². The van der Waals surface area contributed by atoms with Crippen molar-refractivity contribution in [2.24, 2.45) is 0 Å². The lowest BCUT2D eigenvalue weighted by atomic mass is 10.0. The van der Waals surface area contributed by atoms with Crippen molar-refractivity contribution in [3.8, 4) is 16.9 Å². The second-order valence-corrected chi connectivity index (χ2v) is 6.69. The number of methoxy groups -OCH3 is 1. The van der Waals surface area contributed by atoms with Crippen molar-refractivity contribution in [1.82, 2.24) is 9.55 Å². The Balaban J connectivity index is 2.37. The maximum absolute atomic E-state index is 13.0. The monoisotopic (exact) mass is 358 g/mol. The second kappa shape index (κ2) is 6.68. The number of benzene rings is 1. The SMILES string of the molecule is CCc1sc2nc(C)n(CC(=O)O)c(=O)c2c1-c1cccc(OC)c1. The Morgan fingerprint density at radius 2 is 2.16 bits per heavy atom. The van der Waals surface area contributed by atoms with Crippen LogP contribution in [0.15, 0.2) is 29.1 Å². The molecule has 0 bridgehead atoms. The molecule has 2 aromatic heterocycles. The van der Waals surface area contributed by atoms with Crippen LogP contribution < -0.4 is 10.3 Å². The first-order valence-corrected chi connectivity index (χ1v) is 8.67. The lowest BCUT2D eigenvalue weighted by molar-refractivity contribution is -0.137. The van der Waals surface area contributed by atoms with E-state index in [0.717, 1.165) is 22.4 Å². The number of carboxylic acids is 1. The van der Waals surface area contributed by atoms with Crippen LogP contribution in [0.1, 0.15) is 17.6 Å². The molecule has 25 heavy (non-hydrogen) atoms. The molecule has 0 aliphatic carbocycles. The van der Waals surface area contributed by atoms with E-state index in [9.17, 15) is 9.59 Å². The molecular weight excluding hydrogens is 340 g/mol. The van der Waals surface area contributed by atoms with E-state index in [-0.39, 0.29) is 5.56 Å². The number of hydrogen-bond donors (Lipinski definition) is 1. The number of thiophene rings is 1.